The van der Waals surface area contributed by atoms with Gasteiger partial charge in [-0.25, -0.2) is 0 Å². The highest BCUT2D eigenvalue weighted by Crippen LogP contribution is 2.33. The third-order valence-electron chi connectivity index (χ3n) is 5.63. The van der Waals surface area contributed by atoms with Crippen LogP contribution in [-0.2, 0) is 15.1 Å². The van der Waals surface area contributed by atoms with E-state index in [1.165, 1.54) is 4.90 Å². The zero-order valence-electron chi connectivity index (χ0n) is 19.2. The average Bonchev–Trinajstić information content (AvgIpc) is 2.82. The van der Waals surface area contributed by atoms with Crippen LogP contribution in [0.15, 0.2) is 84.9 Å². The molecule has 3 aromatic rings. The van der Waals surface area contributed by atoms with Crippen LogP contribution in [-0.4, -0.2) is 33.8 Å². The van der Waals surface area contributed by atoms with Gasteiger partial charge in [0.05, 0.1) is 5.54 Å². The summed E-state index contributed by atoms with van der Waals surface area (Å²) in [4.78, 5) is 39.0. The number of carbonyl (C=O) groups is 3. The van der Waals surface area contributed by atoms with Crippen LogP contribution in [0.4, 0.5) is 0 Å². The Morgan fingerprint density at radius 3 is 2.09 bits per heavy atom. The lowest BCUT2D eigenvalue weighted by Crippen LogP contribution is -2.56. The van der Waals surface area contributed by atoms with Crippen molar-refractivity contribution in [3.8, 4) is 11.5 Å². The molecule has 0 radical (unpaired) electrons. The van der Waals surface area contributed by atoms with Crippen LogP contribution in [0, 0.1) is 0 Å². The number of aliphatic carboxylic acids is 1. The second kappa shape index (κ2) is 10.7. The lowest BCUT2D eigenvalue weighted by molar-refractivity contribution is -0.137. The molecule has 0 fully saturated rings. The number of carboxylic acids is 1. The standard InChI is InChI=1S/C27H28N2O5/c1-27(2,20-11-5-3-6-12-20)29(23(25(28)32)16-17-24(30)31)26(33)19-10-9-15-22(18-19)34-21-13-7-4-8-14-21/h3-15,18,23H,16-17H2,1-2H3,(H2,28,32)(H,30,31)/t23-/m0/s1. The number of hydrogen-bond acceptors (Lipinski definition) is 4. The summed E-state index contributed by atoms with van der Waals surface area (Å²) in [6.07, 6.45) is -0.410. The molecule has 3 aromatic carbocycles. The molecule has 3 rings (SSSR count). The summed E-state index contributed by atoms with van der Waals surface area (Å²) in [6, 6.07) is 23.9. The van der Waals surface area contributed by atoms with Crippen LogP contribution >= 0.6 is 0 Å². The summed E-state index contributed by atoms with van der Waals surface area (Å²) >= 11 is 0. The third-order valence-corrected chi connectivity index (χ3v) is 5.63. The molecule has 176 valence electrons. The van der Waals surface area contributed by atoms with Crippen molar-refractivity contribution < 1.29 is 24.2 Å². The van der Waals surface area contributed by atoms with Crippen LogP contribution in [0.25, 0.3) is 0 Å². The molecule has 0 spiro atoms. The summed E-state index contributed by atoms with van der Waals surface area (Å²) in [5.41, 5.74) is 5.80. The maximum Gasteiger partial charge on any atom is 0.303 e. The van der Waals surface area contributed by atoms with Crippen molar-refractivity contribution in [2.45, 2.75) is 38.3 Å². The zero-order valence-corrected chi connectivity index (χ0v) is 19.2. The average molecular weight is 461 g/mol. The molecular formula is C27H28N2O5. The summed E-state index contributed by atoms with van der Waals surface area (Å²) < 4.78 is 5.87. The second-order valence-electron chi connectivity index (χ2n) is 8.39. The lowest BCUT2D eigenvalue weighted by atomic mass is 9.88. The fourth-order valence-corrected chi connectivity index (χ4v) is 3.89. The highest BCUT2D eigenvalue weighted by atomic mass is 16.5. The van der Waals surface area contributed by atoms with Crippen molar-refractivity contribution in [2.75, 3.05) is 0 Å². The molecule has 0 heterocycles. The van der Waals surface area contributed by atoms with Gasteiger partial charge in [0, 0.05) is 12.0 Å². The second-order valence-corrected chi connectivity index (χ2v) is 8.39. The number of nitrogens with zero attached hydrogens (tertiary/aromatic N) is 1. The summed E-state index contributed by atoms with van der Waals surface area (Å²) in [6.45, 7) is 3.61. The Morgan fingerprint density at radius 1 is 0.912 bits per heavy atom. The highest BCUT2D eigenvalue weighted by molar-refractivity contribution is 5.98. The maximum atomic E-state index is 13.9. The first-order valence-electron chi connectivity index (χ1n) is 10.9. The Balaban J connectivity index is 2.03. The van der Waals surface area contributed by atoms with Gasteiger partial charge in [-0.05, 0) is 56.2 Å². The van der Waals surface area contributed by atoms with Crippen molar-refractivity contribution >= 4 is 17.8 Å². The molecule has 0 bridgehead atoms. The summed E-state index contributed by atoms with van der Waals surface area (Å²) in [7, 11) is 0. The smallest absolute Gasteiger partial charge is 0.303 e. The van der Waals surface area contributed by atoms with Gasteiger partial charge in [0.1, 0.15) is 17.5 Å². The Bertz CT molecular complexity index is 1150. The minimum atomic E-state index is -1.13. The molecule has 0 aromatic heterocycles. The van der Waals surface area contributed by atoms with E-state index in [1.54, 1.807) is 50.2 Å². The zero-order chi connectivity index (χ0) is 24.7. The minimum Gasteiger partial charge on any atom is -0.481 e. The number of primary amides is 1. The largest absolute Gasteiger partial charge is 0.481 e. The van der Waals surface area contributed by atoms with Crippen LogP contribution < -0.4 is 10.5 Å². The first-order valence-corrected chi connectivity index (χ1v) is 10.9. The number of benzene rings is 3. The van der Waals surface area contributed by atoms with E-state index in [-0.39, 0.29) is 12.8 Å². The van der Waals surface area contributed by atoms with Crippen molar-refractivity contribution in [1.82, 2.24) is 4.90 Å². The number of amides is 2. The molecule has 0 aliphatic carbocycles. The van der Waals surface area contributed by atoms with Gasteiger partial charge in [0.25, 0.3) is 5.91 Å². The van der Waals surface area contributed by atoms with E-state index in [1.807, 2.05) is 48.5 Å². The molecule has 0 unspecified atom stereocenters. The maximum absolute atomic E-state index is 13.9. The normalized spacial score (nSPS) is 11.9. The summed E-state index contributed by atoms with van der Waals surface area (Å²) in [5, 5.41) is 9.21. The monoisotopic (exact) mass is 460 g/mol. The molecule has 1 atom stereocenters. The molecular weight excluding hydrogens is 432 g/mol. The first kappa shape index (κ1) is 24.5. The fraction of sp³-hybridized carbons (Fsp3) is 0.222. The molecule has 0 aliphatic rings. The number of para-hydroxylation sites is 1. The van der Waals surface area contributed by atoms with Gasteiger partial charge < -0.3 is 20.5 Å². The lowest BCUT2D eigenvalue weighted by Gasteiger charge is -2.43. The molecule has 7 nitrogen and oxygen atoms in total. The van der Waals surface area contributed by atoms with Gasteiger partial charge >= 0.3 is 5.97 Å². The van der Waals surface area contributed by atoms with Gasteiger partial charge in [0.2, 0.25) is 5.91 Å². The molecule has 3 N–H and O–H groups in total. The minimum absolute atomic E-state index is 0.104. The van der Waals surface area contributed by atoms with Crippen LogP contribution in [0.1, 0.15) is 42.6 Å². The van der Waals surface area contributed by atoms with E-state index < -0.39 is 29.4 Å². The van der Waals surface area contributed by atoms with Crippen molar-refractivity contribution in [2.24, 2.45) is 5.73 Å². The molecule has 34 heavy (non-hydrogen) atoms. The summed E-state index contributed by atoms with van der Waals surface area (Å²) in [5.74, 6) is -1.23. The quantitative estimate of drug-likeness (QED) is 0.460. The predicted molar refractivity (Wildman–Crippen MR) is 128 cm³/mol. The number of carbonyl (C=O) groups excluding carboxylic acids is 2. The van der Waals surface area contributed by atoms with Gasteiger partial charge in [-0.2, -0.15) is 0 Å². The van der Waals surface area contributed by atoms with Gasteiger partial charge in [-0.15, -0.1) is 0 Å². The first-order chi connectivity index (χ1) is 16.2. The molecule has 0 saturated heterocycles. The SMILES string of the molecule is CC(C)(c1ccccc1)N(C(=O)c1cccc(Oc2ccccc2)c1)[C@@H](CCC(=O)O)C(N)=O. The number of nitrogens with two attached hydrogens (primary N) is 1. The molecule has 0 aliphatic heterocycles. The number of rotatable bonds is 10. The van der Waals surface area contributed by atoms with E-state index in [9.17, 15) is 19.5 Å². The van der Waals surface area contributed by atoms with Gasteiger partial charge in [-0.3, -0.25) is 14.4 Å². The Labute approximate surface area is 198 Å². The number of hydrogen-bond donors (Lipinski definition) is 2. The fourth-order valence-electron chi connectivity index (χ4n) is 3.89. The molecule has 2 amide bonds. The van der Waals surface area contributed by atoms with E-state index in [0.717, 1.165) is 5.56 Å². The number of ether oxygens (including phenoxy) is 1. The van der Waals surface area contributed by atoms with E-state index in [0.29, 0.717) is 17.1 Å². The third kappa shape index (κ3) is 5.81. The van der Waals surface area contributed by atoms with Crippen LogP contribution in [0.5, 0.6) is 11.5 Å². The van der Waals surface area contributed by atoms with Crippen molar-refractivity contribution in [3.63, 3.8) is 0 Å². The predicted octanol–water partition coefficient (Wildman–Crippen LogP) is 4.58. The van der Waals surface area contributed by atoms with Gasteiger partial charge in [-0.1, -0.05) is 54.6 Å². The van der Waals surface area contributed by atoms with Gasteiger partial charge in [0.15, 0.2) is 0 Å². The van der Waals surface area contributed by atoms with Crippen LogP contribution in [0.3, 0.4) is 0 Å². The van der Waals surface area contributed by atoms with Crippen molar-refractivity contribution in [1.29, 1.82) is 0 Å². The Hall–Kier alpha value is -4.13. The van der Waals surface area contributed by atoms with E-state index >= 15 is 0 Å². The molecule has 7 heteroatoms. The Kier molecular flexibility index (Phi) is 7.68. The van der Waals surface area contributed by atoms with Crippen molar-refractivity contribution in [3.05, 3.63) is 96.1 Å². The Morgan fingerprint density at radius 2 is 1.50 bits per heavy atom. The highest BCUT2D eigenvalue weighted by Gasteiger charge is 2.40. The number of carboxylic acid groups (broad SMARTS) is 1. The topological polar surface area (TPSA) is 110 Å². The van der Waals surface area contributed by atoms with E-state index in [2.05, 4.69) is 0 Å². The molecule has 0 saturated carbocycles. The van der Waals surface area contributed by atoms with E-state index in [4.69, 9.17) is 10.5 Å². The van der Waals surface area contributed by atoms with Crippen LogP contribution in [0.2, 0.25) is 0 Å².